The van der Waals surface area contributed by atoms with Gasteiger partial charge in [-0.1, -0.05) is 46.1 Å². The largest absolute Gasteiger partial charge is 0.255 e. The van der Waals surface area contributed by atoms with Crippen molar-refractivity contribution in [1.29, 1.82) is 0 Å². The van der Waals surface area contributed by atoms with E-state index in [1.807, 2.05) is 18.3 Å². The van der Waals surface area contributed by atoms with E-state index in [0.717, 1.165) is 37.1 Å². The van der Waals surface area contributed by atoms with Crippen molar-refractivity contribution in [3.8, 4) is 11.4 Å². The summed E-state index contributed by atoms with van der Waals surface area (Å²) in [4.78, 5) is 9.27. The summed E-state index contributed by atoms with van der Waals surface area (Å²) in [5.41, 5.74) is 6.46. The summed E-state index contributed by atoms with van der Waals surface area (Å²) in [5, 5.41) is 0. The molecule has 0 saturated carbocycles. The molecule has 0 amide bonds. The Morgan fingerprint density at radius 1 is 0.810 bits per heavy atom. The summed E-state index contributed by atoms with van der Waals surface area (Å²) in [6.45, 7) is 6.73. The molecule has 0 unspecified atom stereocenters. The monoisotopic (exact) mass is 282 g/mol. The van der Waals surface area contributed by atoms with E-state index in [-0.39, 0.29) is 0 Å². The standard InChI is InChI=1S/C19H26N2/c1-4-9-15-14-21-19(18-12-7-8-13-20-18)17(11-6-3)16(15)10-5-2/h7-8,12-14H,4-6,9-11H2,1-3H3. The smallest absolute Gasteiger partial charge is 0.0920 e. The lowest BCUT2D eigenvalue weighted by Gasteiger charge is -2.17. The summed E-state index contributed by atoms with van der Waals surface area (Å²) >= 11 is 0. The number of pyridine rings is 2. The number of hydrogen-bond donors (Lipinski definition) is 0. The van der Waals surface area contributed by atoms with E-state index in [1.54, 1.807) is 0 Å². The first kappa shape index (κ1) is 15.7. The van der Waals surface area contributed by atoms with E-state index in [4.69, 9.17) is 4.98 Å². The highest BCUT2D eigenvalue weighted by atomic mass is 14.8. The average Bonchev–Trinajstić information content (AvgIpc) is 2.52. The van der Waals surface area contributed by atoms with Crippen molar-refractivity contribution in [2.75, 3.05) is 0 Å². The highest BCUT2D eigenvalue weighted by Crippen LogP contribution is 2.28. The Balaban J connectivity index is 2.57. The van der Waals surface area contributed by atoms with Gasteiger partial charge in [-0.25, -0.2) is 0 Å². The second-order valence-corrected chi connectivity index (χ2v) is 5.55. The van der Waals surface area contributed by atoms with Gasteiger partial charge in [0.1, 0.15) is 0 Å². The number of aryl methyl sites for hydroxylation is 1. The minimum absolute atomic E-state index is 1.00. The molecular weight excluding hydrogens is 256 g/mol. The summed E-state index contributed by atoms with van der Waals surface area (Å²) in [6, 6.07) is 6.07. The molecule has 0 N–H and O–H groups in total. The molecule has 0 spiro atoms. The van der Waals surface area contributed by atoms with Gasteiger partial charge in [0.05, 0.1) is 11.4 Å². The zero-order valence-corrected chi connectivity index (χ0v) is 13.5. The van der Waals surface area contributed by atoms with E-state index < -0.39 is 0 Å². The van der Waals surface area contributed by atoms with Gasteiger partial charge in [-0.15, -0.1) is 0 Å². The fourth-order valence-corrected chi connectivity index (χ4v) is 2.92. The molecule has 0 aromatic carbocycles. The Hall–Kier alpha value is -1.70. The molecule has 2 heterocycles. The maximum atomic E-state index is 4.77. The summed E-state index contributed by atoms with van der Waals surface area (Å²) in [7, 11) is 0. The highest BCUT2D eigenvalue weighted by molar-refractivity contribution is 5.61. The van der Waals surface area contributed by atoms with Gasteiger partial charge in [0.2, 0.25) is 0 Å². The van der Waals surface area contributed by atoms with Gasteiger partial charge in [0, 0.05) is 12.4 Å². The van der Waals surface area contributed by atoms with Gasteiger partial charge in [0.25, 0.3) is 0 Å². The van der Waals surface area contributed by atoms with E-state index in [1.165, 1.54) is 29.5 Å². The number of aromatic nitrogens is 2. The molecule has 2 nitrogen and oxygen atoms in total. The quantitative estimate of drug-likeness (QED) is 0.714. The van der Waals surface area contributed by atoms with Crippen LogP contribution in [0.25, 0.3) is 11.4 Å². The second kappa shape index (κ2) is 7.92. The van der Waals surface area contributed by atoms with Crippen LogP contribution in [0.3, 0.4) is 0 Å². The van der Waals surface area contributed by atoms with Crippen LogP contribution in [0, 0.1) is 0 Å². The van der Waals surface area contributed by atoms with Gasteiger partial charge in [-0.05, 0) is 48.1 Å². The SMILES string of the molecule is CCCc1cnc(-c2ccccn2)c(CCC)c1CCC. The lowest BCUT2D eigenvalue weighted by molar-refractivity contribution is 0.816. The van der Waals surface area contributed by atoms with Crippen molar-refractivity contribution in [3.05, 3.63) is 47.3 Å². The summed E-state index contributed by atoms with van der Waals surface area (Å²) in [6.07, 6.45) is 10.8. The van der Waals surface area contributed by atoms with Gasteiger partial charge in [-0.3, -0.25) is 9.97 Å². The number of rotatable bonds is 7. The third-order valence-corrected chi connectivity index (χ3v) is 3.81. The molecule has 2 heteroatoms. The molecule has 2 aromatic rings. The van der Waals surface area contributed by atoms with Crippen LogP contribution < -0.4 is 0 Å². The van der Waals surface area contributed by atoms with E-state index in [2.05, 4.69) is 38.0 Å². The van der Waals surface area contributed by atoms with Crippen LogP contribution in [0.15, 0.2) is 30.6 Å². The first-order chi connectivity index (χ1) is 10.3. The van der Waals surface area contributed by atoms with Gasteiger partial charge < -0.3 is 0 Å². The first-order valence-corrected chi connectivity index (χ1v) is 8.22. The van der Waals surface area contributed by atoms with Crippen molar-refractivity contribution in [3.63, 3.8) is 0 Å². The molecule has 2 aromatic heterocycles. The predicted molar refractivity (Wildman–Crippen MR) is 89.5 cm³/mol. The fraction of sp³-hybridized carbons (Fsp3) is 0.474. The minimum atomic E-state index is 1.00. The van der Waals surface area contributed by atoms with Crippen LogP contribution in [-0.4, -0.2) is 9.97 Å². The van der Waals surface area contributed by atoms with E-state index in [0.29, 0.717) is 0 Å². The number of nitrogens with zero attached hydrogens (tertiary/aromatic N) is 2. The zero-order valence-electron chi connectivity index (χ0n) is 13.5. The first-order valence-electron chi connectivity index (χ1n) is 8.22. The van der Waals surface area contributed by atoms with Crippen molar-refractivity contribution < 1.29 is 0 Å². The van der Waals surface area contributed by atoms with Crippen LogP contribution in [0.5, 0.6) is 0 Å². The molecule has 0 saturated heterocycles. The Kier molecular flexibility index (Phi) is 5.91. The minimum Gasteiger partial charge on any atom is -0.255 e. The van der Waals surface area contributed by atoms with Gasteiger partial charge >= 0.3 is 0 Å². The van der Waals surface area contributed by atoms with Crippen molar-refractivity contribution in [1.82, 2.24) is 9.97 Å². The third-order valence-electron chi connectivity index (χ3n) is 3.81. The van der Waals surface area contributed by atoms with Gasteiger partial charge in [-0.2, -0.15) is 0 Å². The van der Waals surface area contributed by atoms with Crippen molar-refractivity contribution in [2.45, 2.75) is 59.3 Å². The molecule has 0 aliphatic heterocycles. The maximum Gasteiger partial charge on any atom is 0.0920 e. The molecule has 0 bridgehead atoms. The fourth-order valence-electron chi connectivity index (χ4n) is 2.92. The molecule has 2 rings (SSSR count). The van der Waals surface area contributed by atoms with Crippen LogP contribution >= 0.6 is 0 Å². The zero-order chi connectivity index (χ0) is 15.1. The molecule has 0 aliphatic carbocycles. The predicted octanol–water partition coefficient (Wildman–Crippen LogP) is 5.00. The second-order valence-electron chi connectivity index (χ2n) is 5.55. The molecule has 112 valence electrons. The average molecular weight is 282 g/mol. The van der Waals surface area contributed by atoms with Gasteiger partial charge in [0.15, 0.2) is 0 Å². The molecular formula is C19H26N2. The van der Waals surface area contributed by atoms with Crippen LogP contribution in [0.2, 0.25) is 0 Å². The van der Waals surface area contributed by atoms with Crippen molar-refractivity contribution in [2.24, 2.45) is 0 Å². The van der Waals surface area contributed by atoms with Crippen molar-refractivity contribution >= 4 is 0 Å². The topological polar surface area (TPSA) is 25.8 Å². The Morgan fingerprint density at radius 2 is 1.52 bits per heavy atom. The Morgan fingerprint density at radius 3 is 2.14 bits per heavy atom. The summed E-state index contributed by atoms with van der Waals surface area (Å²) < 4.78 is 0. The van der Waals surface area contributed by atoms with E-state index in [9.17, 15) is 0 Å². The third kappa shape index (κ3) is 3.69. The van der Waals surface area contributed by atoms with E-state index >= 15 is 0 Å². The lowest BCUT2D eigenvalue weighted by Crippen LogP contribution is -2.06. The Labute approximate surface area is 128 Å². The Bertz CT molecular complexity index is 561. The van der Waals surface area contributed by atoms with Crippen LogP contribution in [-0.2, 0) is 19.3 Å². The lowest BCUT2D eigenvalue weighted by atomic mass is 9.91. The maximum absolute atomic E-state index is 4.77. The molecule has 0 radical (unpaired) electrons. The highest BCUT2D eigenvalue weighted by Gasteiger charge is 2.15. The van der Waals surface area contributed by atoms with Crippen LogP contribution in [0.1, 0.15) is 56.7 Å². The molecule has 0 fully saturated rings. The molecule has 0 aliphatic rings. The molecule has 21 heavy (non-hydrogen) atoms. The summed E-state index contributed by atoms with van der Waals surface area (Å²) in [5.74, 6) is 0. The van der Waals surface area contributed by atoms with Crippen LogP contribution in [0.4, 0.5) is 0 Å². The molecule has 0 atom stereocenters. The normalized spacial score (nSPS) is 10.8. The number of hydrogen-bond acceptors (Lipinski definition) is 2.